The number of nitrogens with zero attached hydrogens (tertiary/aromatic N) is 2. The number of benzene rings is 2. The molecule has 0 bridgehead atoms. The fraction of sp³-hybridized carbons (Fsp3) is 0.400. The van der Waals surface area contributed by atoms with E-state index < -0.39 is 0 Å². The lowest BCUT2D eigenvalue weighted by Crippen LogP contribution is -2.45. The van der Waals surface area contributed by atoms with Gasteiger partial charge in [0.05, 0.1) is 0 Å². The molecular weight excluding hydrogens is 348 g/mol. The van der Waals surface area contributed by atoms with Crippen LogP contribution in [0.3, 0.4) is 0 Å². The minimum Gasteiger partial charge on any atom is -0.507 e. The van der Waals surface area contributed by atoms with Crippen molar-refractivity contribution < 1.29 is 24.1 Å². The second kappa shape index (κ2) is 6.83. The zero-order valence-corrected chi connectivity index (χ0v) is 15.0. The van der Waals surface area contributed by atoms with Crippen LogP contribution in [0.1, 0.15) is 11.1 Å². The summed E-state index contributed by atoms with van der Waals surface area (Å²) in [5.74, 6) is 3.26. The van der Waals surface area contributed by atoms with Crippen molar-refractivity contribution in [3.05, 3.63) is 41.5 Å². The average molecular weight is 370 g/mol. The van der Waals surface area contributed by atoms with Crippen molar-refractivity contribution in [1.82, 2.24) is 9.80 Å². The van der Waals surface area contributed by atoms with Gasteiger partial charge in [0.1, 0.15) is 5.75 Å². The summed E-state index contributed by atoms with van der Waals surface area (Å²) in [6.07, 6.45) is 0. The lowest BCUT2D eigenvalue weighted by atomic mass is 10.1. The summed E-state index contributed by atoms with van der Waals surface area (Å²) in [5, 5.41) is 10.2. The quantitative estimate of drug-likeness (QED) is 0.885. The topological polar surface area (TPSA) is 63.6 Å². The SMILES string of the molecule is Oc1cc2c(cc1CN1CCN(Cc3ccc4c(c3)OCO4)CC1)OCO2. The molecule has 3 aliphatic heterocycles. The van der Waals surface area contributed by atoms with Crippen LogP contribution in [-0.4, -0.2) is 54.7 Å². The molecule has 1 saturated heterocycles. The number of phenolic OH excluding ortho intramolecular Hbond substituents is 1. The standard InChI is InChI=1S/C20H22N2O5/c23-16-9-20-19(26-13-27-20)8-15(16)11-22-5-3-21(4-6-22)10-14-1-2-17-18(7-14)25-12-24-17/h1-2,7-9,23H,3-6,10-13H2. The summed E-state index contributed by atoms with van der Waals surface area (Å²) in [6, 6.07) is 9.68. The normalized spacial score (nSPS) is 18.8. The summed E-state index contributed by atoms with van der Waals surface area (Å²) >= 11 is 0. The lowest BCUT2D eigenvalue weighted by Gasteiger charge is -2.34. The highest BCUT2D eigenvalue weighted by atomic mass is 16.7. The predicted octanol–water partition coefficient (Wildman–Crippen LogP) is 2.17. The van der Waals surface area contributed by atoms with E-state index in [0.29, 0.717) is 24.8 Å². The number of hydrogen-bond donors (Lipinski definition) is 1. The number of rotatable bonds is 4. The fourth-order valence-corrected chi connectivity index (χ4v) is 3.74. The Labute approximate surface area is 157 Å². The first-order valence-corrected chi connectivity index (χ1v) is 9.19. The lowest BCUT2D eigenvalue weighted by molar-refractivity contribution is 0.121. The molecule has 7 nitrogen and oxygen atoms in total. The van der Waals surface area contributed by atoms with Gasteiger partial charge < -0.3 is 24.1 Å². The van der Waals surface area contributed by atoms with Crippen molar-refractivity contribution in [2.24, 2.45) is 0 Å². The van der Waals surface area contributed by atoms with Gasteiger partial charge in [-0.15, -0.1) is 0 Å². The summed E-state index contributed by atoms with van der Waals surface area (Å²) in [6.45, 7) is 6.03. The van der Waals surface area contributed by atoms with Crippen LogP contribution in [0.5, 0.6) is 28.7 Å². The Morgan fingerprint density at radius 1 is 0.704 bits per heavy atom. The maximum absolute atomic E-state index is 10.2. The molecule has 0 radical (unpaired) electrons. The van der Waals surface area contributed by atoms with Crippen molar-refractivity contribution in [3.63, 3.8) is 0 Å². The molecule has 0 unspecified atom stereocenters. The van der Waals surface area contributed by atoms with Crippen molar-refractivity contribution in [2.75, 3.05) is 39.8 Å². The minimum atomic E-state index is 0.219. The van der Waals surface area contributed by atoms with E-state index in [0.717, 1.165) is 49.8 Å². The number of fused-ring (bicyclic) bond motifs is 2. The zero-order chi connectivity index (χ0) is 18.2. The summed E-state index contributed by atoms with van der Waals surface area (Å²) in [4.78, 5) is 4.79. The third-order valence-corrected chi connectivity index (χ3v) is 5.28. The molecule has 0 saturated carbocycles. The minimum absolute atomic E-state index is 0.219. The van der Waals surface area contributed by atoms with Crippen molar-refractivity contribution in [3.8, 4) is 28.7 Å². The number of phenols is 1. The van der Waals surface area contributed by atoms with E-state index in [4.69, 9.17) is 18.9 Å². The Morgan fingerprint density at radius 3 is 2.04 bits per heavy atom. The molecule has 0 aromatic heterocycles. The molecule has 0 aliphatic carbocycles. The third kappa shape index (κ3) is 3.36. The van der Waals surface area contributed by atoms with Crippen molar-refractivity contribution in [2.45, 2.75) is 13.1 Å². The van der Waals surface area contributed by atoms with Crippen LogP contribution in [0.2, 0.25) is 0 Å². The predicted molar refractivity (Wildman–Crippen MR) is 97.3 cm³/mol. The monoisotopic (exact) mass is 370 g/mol. The number of piperazine rings is 1. The molecule has 0 spiro atoms. The van der Waals surface area contributed by atoms with Gasteiger partial charge in [-0.05, 0) is 23.8 Å². The van der Waals surface area contributed by atoms with Crippen LogP contribution in [0.4, 0.5) is 0 Å². The van der Waals surface area contributed by atoms with Gasteiger partial charge in [-0.2, -0.15) is 0 Å². The van der Waals surface area contributed by atoms with Gasteiger partial charge in [0, 0.05) is 50.9 Å². The molecule has 2 aromatic carbocycles. The molecule has 0 atom stereocenters. The molecule has 2 aromatic rings. The molecule has 5 rings (SSSR count). The van der Waals surface area contributed by atoms with Crippen LogP contribution in [-0.2, 0) is 13.1 Å². The van der Waals surface area contributed by atoms with Crippen LogP contribution < -0.4 is 18.9 Å². The van der Waals surface area contributed by atoms with Crippen LogP contribution >= 0.6 is 0 Å². The Balaban J connectivity index is 1.17. The van der Waals surface area contributed by atoms with Crippen molar-refractivity contribution >= 4 is 0 Å². The van der Waals surface area contributed by atoms with E-state index in [9.17, 15) is 5.11 Å². The van der Waals surface area contributed by atoms with Gasteiger partial charge in [0.15, 0.2) is 23.0 Å². The fourth-order valence-electron chi connectivity index (χ4n) is 3.74. The Hall–Kier alpha value is -2.64. The number of hydrogen-bond acceptors (Lipinski definition) is 7. The third-order valence-electron chi connectivity index (χ3n) is 5.28. The first-order chi connectivity index (χ1) is 13.2. The Bertz CT molecular complexity index is 849. The van der Waals surface area contributed by atoms with E-state index in [1.807, 2.05) is 12.1 Å². The molecule has 1 N–H and O–H groups in total. The Morgan fingerprint density at radius 2 is 1.30 bits per heavy atom. The van der Waals surface area contributed by atoms with Crippen molar-refractivity contribution in [1.29, 1.82) is 0 Å². The van der Waals surface area contributed by atoms with Gasteiger partial charge in [-0.3, -0.25) is 9.80 Å². The van der Waals surface area contributed by atoms with E-state index in [1.165, 1.54) is 5.56 Å². The molecular formula is C20H22N2O5. The number of aromatic hydroxyl groups is 1. The highest BCUT2D eigenvalue weighted by molar-refractivity contribution is 5.51. The van der Waals surface area contributed by atoms with Crippen LogP contribution in [0, 0.1) is 0 Å². The highest BCUT2D eigenvalue weighted by Gasteiger charge is 2.22. The molecule has 3 aliphatic rings. The first kappa shape index (κ1) is 16.5. The maximum Gasteiger partial charge on any atom is 0.231 e. The van der Waals surface area contributed by atoms with Gasteiger partial charge in [-0.1, -0.05) is 6.07 Å². The van der Waals surface area contributed by atoms with Gasteiger partial charge >= 0.3 is 0 Å². The molecule has 3 heterocycles. The largest absolute Gasteiger partial charge is 0.507 e. The maximum atomic E-state index is 10.2. The van der Waals surface area contributed by atoms with Crippen LogP contribution in [0.15, 0.2) is 30.3 Å². The second-order valence-electron chi connectivity index (χ2n) is 7.07. The molecule has 27 heavy (non-hydrogen) atoms. The van der Waals surface area contributed by atoms with E-state index in [1.54, 1.807) is 6.07 Å². The summed E-state index contributed by atoms with van der Waals surface area (Å²) in [7, 11) is 0. The van der Waals surface area contributed by atoms with E-state index in [2.05, 4.69) is 21.9 Å². The summed E-state index contributed by atoms with van der Waals surface area (Å²) in [5.41, 5.74) is 2.12. The average Bonchev–Trinajstić information content (AvgIpc) is 3.32. The van der Waals surface area contributed by atoms with Crippen LogP contribution in [0.25, 0.3) is 0 Å². The zero-order valence-electron chi connectivity index (χ0n) is 15.0. The Kier molecular flexibility index (Phi) is 4.18. The molecule has 142 valence electrons. The molecule has 0 amide bonds. The van der Waals surface area contributed by atoms with Gasteiger partial charge in [-0.25, -0.2) is 0 Å². The summed E-state index contributed by atoms with van der Waals surface area (Å²) < 4.78 is 21.6. The second-order valence-corrected chi connectivity index (χ2v) is 7.07. The molecule has 7 heteroatoms. The number of ether oxygens (including phenoxy) is 4. The molecule has 1 fully saturated rings. The van der Waals surface area contributed by atoms with E-state index >= 15 is 0 Å². The van der Waals surface area contributed by atoms with Gasteiger partial charge in [0.2, 0.25) is 13.6 Å². The first-order valence-electron chi connectivity index (χ1n) is 9.19. The smallest absolute Gasteiger partial charge is 0.231 e. The van der Waals surface area contributed by atoms with E-state index in [-0.39, 0.29) is 12.5 Å². The highest BCUT2D eigenvalue weighted by Crippen LogP contribution is 2.38. The van der Waals surface area contributed by atoms with Gasteiger partial charge in [0.25, 0.3) is 0 Å².